The van der Waals surface area contributed by atoms with E-state index in [9.17, 15) is 13.2 Å². The van der Waals surface area contributed by atoms with Gasteiger partial charge in [0.1, 0.15) is 15.6 Å². The molecule has 0 saturated carbocycles. The first kappa shape index (κ1) is 15.6. The summed E-state index contributed by atoms with van der Waals surface area (Å²) in [5.41, 5.74) is -0.502. The van der Waals surface area contributed by atoms with Crippen molar-refractivity contribution in [3.8, 4) is 0 Å². The fourth-order valence-corrected chi connectivity index (χ4v) is 3.38. The average Bonchev–Trinajstić information content (AvgIpc) is 2.38. The Bertz CT molecular complexity index is 809. The molecule has 2 aromatic rings. The summed E-state index contributed by atoms with van der Waals surface area (Å²) in [4.78, 5) is 14.6. The second kappa shape index (κ2) is 5.88. The molecule has 9 heteroatoms. The number of nitrogens with zero attached hydrogens (tertiary/aromatic N) is 1. The van der Waals surface area contributed by atoms with Gasteiger partial charge in [0.2, 0.25) is 0 Å². The highest BCUT2D eigenvalue weighted by atomic mass is 35.5. The fraction of sp³-hybridized carbons (Fsp3) is 0. The van der Waals surface area contributed by atoms with Crippen molar-refractivity contribution in [1.82, 2.24) is 4.98 Å². The molecule has 0 amide bonds. The predicted molar refractivity (Wildman–Crippen MR) is 78.5 cm³/mol. The van der Waals surface area contributed by atoms with E-state index in [-0.39, 0.29) is 26.3 Å². The van der Waals surface area contributed by atoms with Crippen LogP contribution in [0.15, 0.2) is 41.4 Å². The molecule has 0 radical (unpaired) electrons. The lowest BCUT2D eigenvalue weighted by atomic mass is 10.2. The first-order chi connectivity index (χ1) is 9.83. The SMILES string of the molecule is O=C(O)c1c(Cl)cccc1NS(=O)(=O)c1cccnc1Cl. The number of rotatable bonds is 4. The van der Waals surface area contributed by atoms with E-state index in [0.29, 0.717) is 0 Å². The van der Waals surface area contributed by atoms with E-state index < -0.39 is 16.0 Å². The molecule has 6 nitrogen and oxygen atoms in total. The Balaban J connectivity index is 2.50. The maximum absolute atomic E-state index is 12.2. The Labute approximate surface area is 130 Å². The quantitative estimate of drug-likeness (QED) is 0.829. The topological polar surface area (TPSA) is 96.4 Å². The van der Waals surface area contributed by atoms with Gasteiger partial charge in [0.25, 0.3) is 10.0 Å². The van der Waals surface area contributed by atoms with E-state index in [2.05, 4.69) is 9.71 Å². The third-order valence-corrected chi connectivity index (χ3v) is 4.61. The van der Waals surface area contributed by atoms with Crippen LogP contribution < -0.4 is 4.72 Å². The zero-order valence-corrected chi connectivity index (χ0v) is 12.6. The molecular formula is C12H8Cl2N2O4S. The van der Waals surface area contributed by atoms with Gasteiger partial charge >= 0.3 is 5.97 Å². The van der Waals surface area contributed by atoms with Gasteiger partial charge in [0, 0.05) is 6.20 Å². The van der Waals surface area contributed by atoms with Crippen LogP contribution in [0.1, 0.15) is 10.4 Å². The van der Waals surface area contributed by atoms with Gasteiger partial charge in [0.05, 0.1) is 10.7 Å². The molecule has 0 spiro atoms. The van der Waals surface area contributed by atoms with Gasteiger partial charge in [-0.2, -0.15) is 0 Å². The minimum absolute atomic E-state index is 0.0833. The molecule has 0 bridgehead atoms. The first-order valence-electron chi connectivity index (χ1n) is 5.48. The lowest BCUT2D eigenvalue weighted by molar-refractivity contribution is 0.0698. The summed E-state index contributed by atoms with van der Waals surface area (Å²) in [5, 5.41) is 8.81. The average molecular weight is 347 g/mol. The number of hydrogen-bond donors (Lipinski definition) is 2. The van der Waals surface area contributed by atoms with Crippen molar-refractivity contribution in [3.05, 3.63) is 52.3 Å². The smallest absolute Gasteiger partial charge is 0.339 e. The first-order valence-corrected chi connectivity index (χ1v) is 7.72. The highest BCUT2D eigenvalue weighted by Gasteiger charge is 2.22. The summed E-state index contributed by atoms with van der Waals surface area (Å²) < 4.78 is 26.6. The van der Waals surface area contributed by atoms with Crippen LogP contribution in [0.4, 0.5) is 5.69 Å². The van der Waals surface area contributed by atoms with E-state index in [0.717, 1.165) is 0 Å². The molecule has 0 saturated heterocycles. The van der Waals surface area contributed by atoms with Crippen molar-refractivity contribution in [1.29, 1.82) is 0 Å². The van der Waals surface area contributed by atoms with Gasteiger partial charge in [0.15, 0.2) is 0 Å². The highest BCUT2D eigenvalue weighted by molar-refractivity contribution is 7.92. The Hall–Kier alpha value is -1.83. The maximum atomic E-state index is 12.2. The van der Waals surface area contributed by atoms with E-state index in [4.69, 9.17) is 28.3 Å². The molecule has 0 aliphatic rings. The second-order valence-electron chi connectivity index (χ2n) is 3.87. The van der Waals surface area contributed by atoms with Crippen LogP contribution in [0.25, 0.3) is 0 Å². The van der Waals surface area contributed by atoms with Crippen molar-refractivity contribution in [2.24, 2.45) is 0 Å². The monoisotopic (exact) mass is 346 g/mol. The number of carbonyl (C=O) groups is 1. The predicted octanol–water partition coefficient (Wildman–Crippen LogP) is 2.89. The Kier molecular flexibility index (Phi) is 4.36. The summed E-state index contributed by atoms with van der Waals surface area (Å²) in [6.07, 6.45) is 1.34. The molecule has 0 aliphatic carbocycles. The van der Waals surface area contributed by atoms with Crippen LogP contribution in [-0.2, 0) is 10.0 Å². The summed E-state index contributed by atoms with van der Waals surface area (Å²) in [5.74, 6) is -1.35. The molecule has 2 rings (SSSR count). The number of nitrogens with one attached hydrogen (secondary N) is 1. The number of anilines is 1. The number of hydrogen-bond acceptors (Lipinski definition) is 4. The molecule has 1 aromatic heterocycles. The van der Waals surface area contributed by atoms with E-state index in [1.807, 2.05) is 0 Å². The molecule has 1 aromatic carbocycles. The minimum atomic E-state index is -4.08. The zero-order chi connectivity index (χ0) is 15.6. The Morgan fingerprint density at radius 1 is 1.19 bits per heavy atom. The largest absolute Gasteiger partial charge is 0.478 e. The van der Waals surface area contributed by atoms with E-state index in [1.54, 1.807) is 0 Å². The van der Waals surface area contributed by atoms with E-state index in [1.165, 1.54) is 36.5 Å². The second-order valence-corrected chi connectivity index (χ2v) is 6.28. The number of benzene rings is 1. The fourth-order valence-electron chi connectivity index (χ4n) is 1.60. The Morgan fingerprint density at radius 3 is 2.52 bits per heavy atom. The summed E-state index contributed by atoms with van der Waals surface area (Å²) in [6, 6.07) is 6.72. The number of halogens is 2. The summed E-state index contributed by atoms with van der Waals surface area (Å²) in [6.45, 7) is 0. The van der Waals surface area contributed by atoms with Crippen molar-refractivity contribution in [2.45, 2.75) is 4.90 Å². The van der Waals surface area contributed by atoms with Crippen LogP contribution in [0.2, 0.25) is 10.2 Å². The number of pyridine rings is 1. The number of carboxylic acids is 1. The number of sulfonamides is 1. The third kappa shape index (κ3) is 3.26. The van der Waals surface area contributed by atoms with Gasteiger partial charge in [-0.3, -0.25) is 4.72 Å². The zero-order valence-electron chi connectivity index (χ0n) is 10.2. The maximum Gasteiger partial charge on any atom is 0.339 e. The number of aromatic carboxylic acids is 1. The van der Waals surface area contributed by atoms with Gasteiger partial charge in [-0.15, -0.1) is 0 Å². The molecule has 0 unspecified atom stereocenters. The minimum Gasteiger partial charge on any atom is -0.478 e. The summed E-state index contributed by atoms with van der Waals surface area (Å²) >= 11 is 11.5. The molecular weight excluding hydrogens is 339 g/mol. The van der Waals surface area contributed by atoms with Crippen molar-refractivity contribution < 1.29 is 18.3 Å². The van der Waals surface area contributed by atoms with Crippen LogP contribution in [0, 0.1) is 0 Å². The molecule has 0 aliphatic heterocycles. The van der Waals surface area contributed by atoms with E-state index >= 15 is 0 Å². The lowest BCUT2D eigenvalue weighted by Crippen LogP contribution is -2.16. The molecule has 2 N–H and O–H groups in total. The number of carboxylic acid groups (broad SMARTS) is 1. The van der Waals surface area contributed by atoms with Gasteiger partial charge in [-0.25, -0.2) is 18.2 Å². The molecule has 21 heavy (non-hydrogen) atoms. The van der Waals surface area contributed by atoms with Gasteiger partial charge < -0.3 is 5.11 Å². The van der Waals surface area contributed by atoms with Crippen molar-refractivity contribution >= 4 is 44.9 Å². The van der Waals surface area contributed by atoms with Crippen LogP contribution in [0.5, 0.6) is 0 Å². The highest BCUT2D eigenvalue weighted by Crippen LogP contribution is 2.27. The number of aromatic nitrogens is 1. The third-order valence-electron chi connectivity index (χ3n) is 2.49. The molecule has 1 heterocycles. The normalized spacial score (nSPS) is 11.1. The van der Waals surface area contributed by atoms with Gasteiger partial charge in [-0.05, 0) is 24.3 Å². The van der Waals surface area contributed by atoms with Crippen LogP contribution >= 0.6 is 23.2 Å². The van der Waals surface area contributed by atoms with Crippen LogP contribution in [0.3, 0.4) is 0 Å². The molecule has 0 atom stereocenters. The van der Waals surface area contributed by atoms with Crippen molar-refractivity contribution in [2.75, 3.05) is 4.72 Å². The summed E-state index contributed by atoms with van der Waals surface area (Å²) in [7, 11) is -4.08. The standard InChI is InChI=1S/C12H8Cl2N2O4S/c13-7-3-1-4-8(10(7)12(17)18)16-21(19,20)9-5-2-6-15-11(9)14/h1-6,16H,(H,17,18). The van der Waals surface area contributed by atoms with Gasteiger partial charge in [-0.1, -0.05) is 29.3 Å². The van der Waals surface area contributed by atoms with Crippen LogP contribution in [-0.4, -0.2) is 24.5 Å². The molecule has 0 fully saturated rings. The molecule has 110 valence electrons. The Morgan fingerprint density at radius 2 is 1.90 bits per heavy atom. The van der Waals surface area contributed by atoms with Crippen molar-refractivity contribution in [3.63, 3.8) is 0 Å². The lowest BCUT2D eigenvalue weighted by Gasteiger charge is -2.11.